The van der Waals surface area contributed by atoms with Crippen LogP contribution in [0.2, 0.25) is 0 Å². The molecule has 0 atom stereocenters. The minimum absolute atomic E-state index is 0.134. The highest BCUT2D eigenvalue weighted by molar-refractivity contribution is 7.14. The van der Waals surface area contributed by atoms with Gasteiger partial charge in [0.1, 0.15) is 11.2 Å². The van der Waals surface area contributed by atoms with Gasteiger partial charge in [0.2, 0.25) is 0 Å². The van der Waals surface area contributed by atoms with Crippen LogP contribution in [0.1, 0.15) is 55.3 Å². The van der Waals surface area contributed by atoms with Gasteiger partial charge in [0, 0.05) is 17.3 Å². The third-order valence-corrected chi connectivity index (χ3v) is 6.09. The van der Waals surface area contributed by atoms with Crippen molar-refractivity contribution in [2.75, 3.05) is 0 Å². The molecule has 0 aliphatic heterocycles. The number of pyridine rings is 1. The molecule has 0 radical (unpaired) electrons. The van der Waals surface area contributed by atoms with E-state index in [1.807, 2.05) is 19.1 Å². The van der Waals surface area contributed by atoms with Crippen LogP contribution in [0.3, 0.4) is 0 Å². The lowest BCUT2D eigenvalue weighted by Gasteiger charge is -2.07. The molecule has 0 saturated heterocycles. The summed E-state index contributed by atoms with van der Waals surface area (Å²) in [6, 6.07) is 5.45. The molecular formula is C20H20N4O3S. The van der Waals surface area contributed by atoms with Gasteiger partial charge in [-0.15, -0.1) is 11.3 Å². The number of rotatable bonds is 2. The first-order valence-electron chi connectivity index (χ1n) is 9.23. The molecule has 2 N–H and O–H groups in total. The quantitative estimate of drug-likeness (QED) is 0.514. The summed E-state index contributed by atoms with van der Waals surface area (Å²) in [6.07, 6.45) is 8.33. The first kappa shape index (κ1) is 18.4. The number of amides is 2. The van der Waals surface area contributed by atoms with Gasteiger partial charge in [-0.05, 0) is 55.9 Å². The Morgan fingerprint density at radius 3 is 2.75 bits per heavy atom. The van der Waals surface area contributed by atoms with E-state index >= 15 is 0 Å². The van der Waals surface area contributed by atoms with Crippen molar-refractivity contribution in [3.8, 4) is 0 Å². The predicted octanol–water partition coefficient (Wildman–Crippen LogP) is 2.41. The van der Waals surface area contributed by atoms with Crippen molar-refractivity contribution in [1.29, 1.82) is 0 Å². The average Bonchev–Trinajstić information content (AvgIpc) is 2.97. The zero-order chi connectivity index (χ0) is 19.7. The van der Waals surface area contributed by atoms with E-state index in [1.165, 1.54) is 38.8 Å². The summed E-state index contributed by atoms with van der Waals surface area (Å²) >= 11 is 1.47. The number of nitrogens with zero attached hydrogens (tertiary/aromatic N) is 2. The van der Waals surface area contributed by atoms with Gasteiger partial charge in [0.05, 0.1) is 4.88 Å². The Balaban J connectivity index is 1.48. The Hall–Kier alpha value is -3.00. The molecule has 2 amide bonds. The molecule has 4 rings (SSSR count). The van der Waals surface area contributed by atoms with Crippen molar-refractivity contribution in [2.24, 2.45) is 0 Å². The van der Waals surface area contributed by atoms with Crippen molar-refractivity contribution < 1.29 is 9.59 Å². The Bertz CT molecular complexity index is 1110. The van der Waals surface area contributed by atoms with Crippen LogP contribution < -0.4 is 16.4 Å². The van der Waals surface area contributed by atoms with Gasteiger partial charge in [0.25, 0.3) is 17.4 Å². The topological polar surface area (TPSA) is 92.6 Å². The first-order chi connectivity index (χ1) is 13.5. The summed E-state index contributed by atoms with van der Waals surface area (Å²) in [5, 5.41) is 0. The lowest BCUT2D eigenvalue weighted by atomic mass is 10.1. The van der Waals surface area contributed by atoms with Crippen molar-refractivity contribution in [2.45, 2.75) is 39.0 Å². The van der Waals surface area contributed by atoms with E-state index in [0.29, 0.717) is 10.5 Å². The van der Waals surface area contributed by atoms with Crippen LogP contribution in [0.25, 0.3) is 5.65 Å². The van der Waals surface area contributed by atoms with E-state index in [4.69, 9.17) is 0 Å². The van der Waals surface area contributed by atoms with E-state index in [2.05, 4.69) is 15.8 Å². The Morgan fingerprint density at radius 2 is 1.89 bits per heavy atom. The second-order valence-electron chi connectivity index (χ2n) is 6.94. The average molecular weight is 396 g/mol. The minimum Gasteiger partial charge on any atom is -0.268 e. The van der Waals surface area contributed by atoms with Crippen molar-refractivity contribution >= 4 is 28.8 Å². The second kappa shape index (κ2) is 7.55. The maximum atomic E-state index is 12.6. The van der Waals surface area contributed by atoms with Crippen LogP contribution in [0.5, 0.6) is 0 Å². The molecule has 28 heavy (non-hydrogen) atoms. The van der Waals surface area contributed by atoms with Crippen LogP contribution >= 0.6 is 11.3 Å². The van der Waals surface area contributed by atoms with Gasteiger partial charge in [-0.25, -0.2) is 4.98 Å². The molecule has 3 aromatic rings. The van der Waals surface area contributed by atoms with Crippen LogP contribution in [0, 0.1) is 6.92 Å². The van der Waals surface area contributed by atoms with E-state index < -0.39 is 11.5 Å². The summed E-state index contributed by atoms with van der Waals surface area (Å²) in [5.41, 5.74) is 6.67. The molecule has 8 heteroatoms. The molecule has 1 aliphatic rings. The normalized spacial score (nSPS) is 13.6. The molecular weight excluding hydrogens is 376 g/mol. The Kier molecular flexibility index (Phi) is 4.95. The number of fused-ring (bicyclic) bond motifs is 2. The fraction of sp³-hybridized carbons (Fsp3) is 0.300. The Labute approximate surface area is 165 Å². The number of hydrogen-bond acceptors (Lipinski definition) is 5. The first-order valence-corrected chi connectivity index (χ1v) is 10.0. The zero-order valence-corrected chi connectivity index (χ0v) is 16.3. The molecule has 0 aromatic carbocycles. The molecule has 0 spiro atoms. The van der Waals surface area contributed by atoms with E-state index in [0.717, 1.165) is 31.2 Å². The summed E-state index contributed by atoms with van der Waals surface area (Å²) in [4.78, 5) is 43.3. The van der Waals surface area contributed by atoms with E-state index in [9.17, 15) is 14.4 Å². The molecule has 0 fully saturated rings. The summed E-state index contributed by atoms with van der Waals surface area (Å²) in [7, 11) is 0. The smallest absolute Gasteiger partial charge is 0.268 e. The molecule has 0 unspecified atom stereocenters. The third-order valence-electron chi connectivity index (χ3n) is 4.85. The number of carbonyl (C=O) groups excluding carboxylic acids is 2. The van der Waals surface area contributed by atoms with Crippen molar-refractivity contribution in [3.05, 3.63) is 67.4 Å². The third kappa shape index (κ3) is 3.55. The Morgan fingerprint density at radius 1 is 1.11 bits per heavy atom. The molecule has 1 aliphatic carbocycles. The van der Waals surface area contributed by atoms with Crippen LogP contribution in [0.15, 0.2) is 35.4 Å². The molecule has 0 bridgehead atoms. The maximum absolute atomic E-state index is 12.6. The van der Waals surface area contributed by atoms with Crippen LogP contribution in [-0.2, 0) is 12.8 Å². The molecule has 7 nitrogen and oxygen atoms in total. The van der Waals surface area contributed by atoms with Crippen molar-refractivity contribution in [3.63, 3.8) is 0 Å². The summed E-state index contributed by atoms with van der Waals surface area (Å²) in [6.45, 7) is 1.85. The van der Waals surface area contributed by atoms with Crippen LogP contribution in [-0.4, -0.2) is 21.2 Å². The highest BCUT2D eigenvalue weighted by Crippen LogP contribution is 2.28. The number of hydrogen-bond donors (Lipinski definition) is 2. The zero-order valence-electron chi connectivity index (χ0n) is 15.4. The van der Waals surface area contributed by atoms with E-state index in [-0.39, 0.29) is 11.5 Å². The summed E-state index contributed by atoms with van der Waals surface area (Å²) in [5.74, 6) is -1.07. The van der Waals surface area contributed by atoms with Gasteiger partial charge in [-0.3, -0.25) is 29.6 Å². The predicted molar refractivity (Wildman–Crippen MR) is 107 cm³/mol. The lowest BCUT2D eigenvalue weighted by molar-refractivity contribution is 0.0847. The monoisotopic (exact) mass is 396 g/mol. The highest BCUT2D eigenvalue weighted by Gasteiger charge is 2.18. The maximum Gasteiger partial charge on any atom is 0.279 e. The van der Waals surface area contributed by atoms with Crippen LogP contribution in [0.4, 0.5) is 0 Å². The summed E-state index contributed by atoms with van der Waals surface area (Å²) < 4.78 is 1.32. The van der Waals surface area contributed by atoms with Gasteiger partial charge in [-0.2, -0.15) is 0 Å². The minimum atomic E-state index is -0.695. The largest absolute Gasteiger partial charge is 0.279 e. The van der Waals surface area contributed by atoms with Gasteiger partial charge in [-0.1, -0.05) is 12.5 Å². The highest BCUT2D eigenvalue weighted by atomic mass is 32.1. The van der Waals surface area contributed by atoms with Gasteiger partial charge < -0.3 is 0 Å². The number of nitrogens with one attached hydrogen (secondary N) is 2. The fourth-order valence-corrected chi connectivity index (χ4v) is 4.51. The van der Waals surface area contributed by atoms with Gasteiger partial charge in [0.15, 0.2) is 0 Å². The van der Waals surface area contributed by atoms with E-state index in [1.54, 1.807) is 12.3 Å². The SMILES string of the molecule is Cc1ccc2ncc(C(=O)NNC(=O)c3cc4c(s3)CCCCC4)c(=O)n2c1. The number of carbonyl (C=O) groups is 2. The van der Waals surface area contributed by atoms with Gasteiger partial charge >= 0.3 is 0 Å². The van der Waals surface area contributed by atoms with Crippen molar-refractivity contribution in [1.82, 2.24) is 20.2 Å². The number of aromatic nitrogens is 2. The second-order valence-corrected chi connectivity index (χ2v) is 8.08. The molecule has 3 heterocycles. The molecule has 144 valence electrons. The molecule has 0 saturated carbocycles. The molecule has 3 aromatic heterocycles. The standard InChI is InChI=1S/C20H20N4O3S/c1-12-7-8-17-21-10-14(20(27)24(17)11-12)18(25)22-23-19(26)16-9-13-5-3-2-4-6-15(13)28-16/h7-11H,2-6H2,1H3,(H,22,25)(H,23,26). The lowest BCUT2D eigenvalue weighted by Crippen LogP contribution is -2.43. The number of thiophene rings is 1. The number of hydrazine groups is 1. The number of aryl methyl sites for hydroxylation is 3. The fourth-order valence-electron chi connectivity index (χ4n) is 3.36.